The first kappa shape index (κ1) is 16.2. The molecule has 1 nitrogen and oxygen atoms in total. The van der Waals surface area contributed by atoms with Crippen LogP contribution in [0.3, 0.4) is 0 Å². The summed E-state index contributed by atoms with van der Waals surface area (Å²) in [5, 5.41) is 3.63. The van der Waals surface area contributed by atoms with Crippen LogP contribution in [0.25, 0.3) is 0 Å². The summed E-state index contributed by atoms with van der Waals surface area (Å²) in [6, 6.07) is 0. The Bertz CT molecular complexity index is 133. The SMILES string of the molecule is CCCCCCCNCC1CCCCC1.Cl. The minimum Gasteiger partial charge on any atom is -0.316 e. The Balaban J connectivity index is 0.00000225. The van der Waals surface area contributed by atoms with Gasteiger partial charge in [0.2, 0.25) is 0 Å². The van der Waals surface area contributed by atoms with Crippen molar-refractivity contribution >= 4 is 12.4 Å². The standard InChI is InChI=1S/C14H29N.ClH/c1-2-3-4-5-9-12-15-13-14-10-7-6-8-11-14;/h14-15H,2-13H2,1H3;1H. The van der Waals surface area contributed by atoms with Gasteiger partial charge in [0.1, 0.15) is 0 Å². The Labute approximate surface area is 108 Å². The molecule has 0 unspecified atom stereocenters. The molecule has 0 atom stereocenters. The van der Waals surface area contributed by atoms with Crippen molar-refractivity contribution in [1.29, 1.82) is 0 Å². The van der Waals surface area contributed by atoms with Crippen LogP contribution in [0.2, 0.25) is 0 Å². The Morgan fingerprint density at radius 2 is 1.62 bits per heavy atom. The van der Waals surface area contributed by atoms with E-state index in [1.807, 2.05) is 0 Å². The van der Waals surface area contributed by atoms with E-state index >= 15 is 0 Å². The Morgan fingerprint density at radius 1 is 0.938 bits per heavy atom. The molecule has 0 saturated heterocycles. The van der Waals surface area contributed by atoms with Crippen molar-refractivity contribution in [3.05, 3.63) is 0 Å². The number of unbranched alkanes of at least 4 members (excludes halogenated alkanes) is 4. The van der Waals surface area contributed by atoms with Crippen molar-refractivity contribution in [1.82, 2.24) is 5.32 Å². The third kappa shape index (κ3) is 8.41. The number of rotatable bonds is 8. The van der Waals surface area contributed by atoms with E-state index in [0.717, 1.165) is 5.92 Å². The summed E-state index contributed by atoms with van der Waals surface area (Å²) in [6.07, 6.45) is 14.4. The minimum atomic E-state index is 0. The molecule has 1 fully saturated rings. The number of hydrogen-bond acceptors (Lipinski definition) is 1. The van der Waals surface area contributed by atoms with Gasteiger partial charge in [0.25, 0.3) is 0 Å². The lowest BCUT2D eigenvalue weighted by Gasteiger charge is -2.21. The van der Waals surface area contributed by atoms with Crippen LogP contribution in [0.5, 0.6) is 0 Å². The average molecular weight is 248 g/mol. The van der Waals surface area contributed by atoms with E-state index in [1.165, 1.54) is 77.3 Å². The second-order valence-corrected chi connectivity index (χ2v) is 5.12. The van der Waals surface area contributed by atoms with Gasteiger partial charge in [-0.2, -0.15) is 0 Å². The van der Waals surface area contributed by atoms with Crippen LogP contribution in [0, 0.1) is 5.92 Å². The van der Waals surface area contributed by atoms with Gasteiger partial charge < -0.3 is 5.32 Å². The van der Waals surface area contributed by atoms with Gasteiger partial charge in [-0.3, -0.25) is 0 Å². The summed E-state index contributed by atoms with van der Waals surface area (Å²) >= 11 is 0. The van der Waals surface area contributed by atoms with Gasteiger partial charge in [0.15, 0.2) is 0 Å². The number of halogens is 1. The van der Waals surface area contributed by atoms with Gasteiger partial charge in [0.05, 0.1) is 0 Å². The largest absolute Gasteiger partial charge is 0.316 e. The lowest BCUT2D eigenvalue weighted by Crippen LogP contribution is -2.25. The molecule has 1 N–H and O–H groups in total. The molecule has 0 radical (unpaired) electrons. The van der Waals surface area contributed by atoms with Gasteiger partial charge in [-0.1, -0.05) is 51.9 Å². The van der Waals surface area contributed by atoms with Crippen LogP contribution < -0.4 is 5.32 Å². The second kappa shape index (κ2) is 11.7. The molecular formula is C14H30ClN. The fourth-order valence-corrected chi connectivity index (χ4v) is 2.55. The molecule has 0 heterocycles. The Morgan fingerprint density at radius 3 is 2.31 bits per heavy atom. The zero-order valence-electron chi connectivity index (χ0n) is 11.0. The van der Waals surface area contributed by atoms with E-state index in [4.69, 9.17) is 0 Å². The zero-order valence-corrected chi connectivity index (χ0v) is 11.8. The minimum absolute atomic E-state index is 0. The smallest absolute Gasteiger partial charge is 0.00205 e. The molecule has 1 aliphatic carbocycles. The van der Waals surface area contributed by atoms with E-state index in [9.17, 15) is 0 Å². The van der Waals surface area contributed by atoms with Gasteiger partial charge in [-0.15, -0.1) is 12.4 Å². The Kier molecular flexibility index (Phi) is 11.9. The molecule has 0 bridgehead atoms. The molecule has 1 aliphatic rings. The monoisotopic (exact) mass is 247 g/mol. The van der Waals surface area contributed by atoms with Crippen LogP contribution >= 0.6 is 12.4 Å². The lowest BCUT2D eigenvalue weighted by atomic mass is 9.89. The highest BCUT2D eigenvalue weighted by Gasteiger charge is 2.11. The molecule has 98 valence electrons. The molecule has 0 amide bonds. The molecule has 2 heteroatoms. The van der Waals surface area contributed by atoms with Gasteiger partial charge in [-0.25, -0.2) is 0 Å². The Hall–Kier alpha value is 0.250. The van der Waals surface area contributed by atoms with E-state index in [-0.39, 0.29) is 12.4 Å². The average Bonchev–Trinajstić information content (AvgIpc) is 2.29. The van der Waals surface area contributed by atoms with Crippen LogP contribution in [0.15, 0.2) is 0 Å². The van der Waals surface area contributed by atoms with Crippen molar-refractivity contribution < 1.29 is 0 Å². The van der Waals surface area contributed by atoms with Crippen molar-refractivity contribution in [2.24, 2.45) is 5.92 Å². The summed E-state index contributed by atoms with van der Waals surface area (Å²) < 4.78 is 0. The normalized spacial score (nSPS) is 17.1. The van der Waals surface area contributed by atoms with Crippen molar-refractivity contribution in [2.45, 2.75) is 71.1 Å². The molecular weight excluding hydrogens is 218 g/mol. The van der Waals surface area contributed by atoms with E-state index < -0.39 is 0 Å². The predicted molar refractivity (Wildman–Crippen MR) is 75.5 cm³/mol. The topological polar surface area (TPSA) is 12.0 Å². The van der Waals surface area contributed by atoms with Crippen LogP contribution in [-0.4, -0.2) is 13.1 Å². The quantitative estimate of drug-likeness (QED) is 0.621. The molecule has 1 rings (SSSR count). The van der Waals surface area contributed by atoms with Crippen molar-refractivity contribution in [2.75, 3.05) is 13.1 Å². The molecule has 16 heavy (non-hydrogen) atoms. The molecule has 0 aromatic heterocycles. The summed E-state index contributed by atoms with van der Waals surface area (Å²) in [6.45, 7) is 4.81. The van der Waals surface area contributed by atoms with Gasteiger partial charge >= 0.3 is 0 Å². The maximum atomic E-state index is 3.63. The first-order valence-electron chi connectivity index (χ1n) is 7.14. The molecule has 0 aliphatic heterocycles. The summed E-state index contributed by atoms with van der Waals surface area (Å²) in [7, 11) is 0. The molecule has 1 saturated carbocycles. The predicted octanol–water partition coefficient (Wildman–Crippen LogP) is 4.55. The summed E-state index contributed by atoms with van der Waals surface area (Å²) in [5.74, 6) is 0.995. The molecule has 0 aromatic carbocycles. The third-order valence-electron chi connectivity index (χ3n) is 3.61. The fraction of sp³-hybridized carbons (Fsp3) is 1.00. The first-order chi connectivity index (χ1) is 7.43. The van der Waals surface area contributed by atoms with Gasteiger partial charge in [-0.05, 0) is 38.3 Å². The van der Waals surface area contributed by atoms with Crippen molar-refractivity contribution in [3.63, 3.8) is 0 Å². The summed E-state index contributed by atoms with van der Waals surface area (Å²) in [4.78, 5) is 0. The summed E-state index contributed by atoms with van der Waals surface area (Å²) in [5.41, 5.74) is 0. The highest BCUT2D eigenvalue weighted by Crippen LogP contribution is 2.22. The lowest BCUT2D eigenvalue weighted by molar-refractivity contribution is 0.341. The van der Waals surface area contributed by atoms with Crippen LogP contribution in [-0.2, 0) is 0 Å². The second-order valence-electron chi connectivity index (χ2n) is 5.12. The first-order valence-corrected chi connectivity index (χ1v) is 7.14. The zero-order chi connectivity index (χ0) is 10.8. The van der Waals surface area contributed by atoms with E-state index in [1.54, 1.807) is 0 Å². The molecule has 0 aromatic rings. The fourth-order valence-electron chi connectivity index (χ4n) is 2.55. The maximum Gasteiger partial charge on any atom is -0.00205 e. The number of nitrogens with one attached hydrogen (secondary N) is 1. The van der Waals surface area contributed by atoms with E-state index in [2.05, 4.69) is 12.2 Å². The van der Waals surface area contributed by atoms with E-state index in [0.29, 0.717) is 0 Å². The third-order valence-corrected chi connectivity index (χ3v) is 3.61. The maximum absolute atomic E-state index is 3.63. The van der Waals surface area contributed by atoms with Gasteiger partial charge in [0, 0.05) is 0 Å². The van der Waals surface area contributed by atoms with Crippen molar-refractivity contribution in [3.8, 4) is 0 Å². The number of hydrogen-bond donors (Lipinski definition) is 1. The highest BCUT2D eigenvalue weighted by atomic mass is 35.5. The highest BCUT2D eigenvalue weighted by molar-refractivity contribution is 5.85. The molecule has 0 spiro atoms. The van der Waals surface area contributed by atoms with Crippen LogP contribution in [0.4, 0.5) is 0 Å². The van der Waals surface area contributed by atoms with Crippen LogP contribution in [0.1, 0.15) is 71.1 Å².